The zero-order valence-corrected chi connectivity index (χ0v) is 14.1. The number of nitrogens with zero attached hydrogens (tertiary/aromatic N) is 1. The second kappa shape index (κ2) is 5.46. The van der Waals surface area contributed by atoms with Gasteiger partial charge in [0, 0.05) is 19.0 Å². The van der Waals surface area contributed by atoms with Crippen molar-refractivity contribution in [1.82, 2.24) is 4.90 Å². The van der Waals surface area contributed by atoms with Gasteiger partial charge in [0.15, 0.2) is 9.84 Å². The van der Waals surface area contributed by atoms with E-state index in [2.05, 4.69) is 30.0 Å². The molecule has 4 heteroatoms. The SMILES string of the molecule is CCCN1C[C@@H]2[C@@H](C1)c1cc(-c3ccccc3)ccc1S2(=O)=O. The fraction of sp³-hybridized carbons (Fsp3) is 0.368. The Morgan fingerprint density at radius 3 is 2.57 bits per heavy atom. The van der Waals surface area contributed by atoms with Gasteiger partial charge in [0.25, 0.3) is 0 Å². The molecule has 0 aliphatic carbocycles. The van der Waals surface area contributed by atoms with Crippen molar-refractivity contribution in [3.63, 3.8) is 0 Å². The Balaban J connectivity index is 1.78. The van der Waals surface area contributed by atoms with Crippen molar-refractivity contribution in [2.75, 3.05) is 19.6 Å². The molecule has 0 unspecified atom stereocenters. The quantitative estimate of drug-likeness (QED) is 0.868. The molecule has 0 N–H and O–H groups in total. The van der Waals surface area contributed by atoms with Gasteiger partial charge in [-0.05, 0) is 41.8 Å². The van der Waals surface area contributed by atoms with Crippen LogP contribution in [0.3, 0.4) is 0 Å². The smallest absolute Gasteiger partial charge is 0.183 e. The summed E-state index contributed by atoms with van der Waals surface area (Å²) < 4.78 is 25.7. The summed E-state index contributed by atoms with van der Waals surface area (Å²) in [4.78, 5) is 2.86. The van der Waals surface area contributed by atoms with Gasteiger partial charge in [0.2, 0.25) is 0 Å². The van der Waals surface area contributed by atoms with Crippen molar-refractivity contribution >= 4 is 9.84 Å². The Morgan fingerprint density at radius 1 is 1.04 bits per heavy atom. The van der Waals surface area contributed by atoms with E-state index < -0.39 is 9.84 Å². The molecule has 4 rings (SSSR count). The van der Waals surface area contributed by atoms with Crippen LogP contribution in [0.5, 0.6) is 0 Å². The van der Waals surface area contributed by atoms with Gasteiger partial charge in [-0.2, -0.15) is 0 Å². The summed E-state index contributed by atoms with van der Waals surface area (Å²) in [6.07, 6.45) is 1.07. The van der Waals surface area contributed by atoms with Gasteiger partial charge in [-0.25, -0.2) is 8.42 Å². The Morgan fingerprint density at radius 2 is 1.83 bits per heavy atom. The largest absolute Gasteiger partial charge is 0.301 e. The normalized spacial score (nSPS) is 25.3. The molecule has 0 radical (unpaired) electrons. The van der Waals surface area contributed by atoms with Crippen molar-refractivity contribution in [3.8, 4) is 11.1 Å². The number of benzene rings is 2. The lowest BCUT2D eigenvalue weighted by Gasteiger charge is -2.16. The summed E-state index contributed by atoms with van der Waals surface area (Å²) in [6.45, 7) is 4.67. The molecular formula is C19H21NO2S. The van der Waals surface area contributed by atoms with Crippen LogP contribution in [0, 0.1) is 0 Å². The number of hydrogen-bond donors (Lipinski definition) is 0. The summed E-state index contributed by atoms with van der Waals surface area (Å²) >= 11 is 0. The first-order valence-corrected chi connectivity index (χ1v) is 9.81. The third-order valence-electron chi connectivity index (χ3n) is 5.10. The maximum absolute atomic E-state index is 12.8. The van der Waals surface area contributed by atoms with Crippen LogP contribution >= 0.6 is 0 Å². The molecule has 1 saturated heterocycles. The van der Waals surface area contributed by atoms with E-state index in [1.165, 1.54) is 0 Å². The van der Waals surface area contributed by atoms with E-state index in [0.717, 1.165) is 36.2 Å². The molecule has 23 heavy (non-hydrogen) atoms. The van der Waals surface area contributed by atoms with Crippen LogP contribution < -0.4 is 0 Å². The van der Waals surface area contributed by atoms with E-state index in [0.29, 0.717) is 11.4 Å². The summed E-state index contributed by atoms with van der Waals surface area (Å²) in [6, 6.07) is 16.0. The molecule has 2 aromatic rings. The van der Waals surface area contributed by atoms with Crippen LogP contribution in [0.15, 0.2) is 53.4 Å². The fourth-order valence-corrected chi connectivity index (χ4v) is 6.23. The van der Waals surface area contributed by atoms with Crippen LogP contribution in [0.1, 0.15) is 24.8 Å². The minimum atomic E-state index is -3.17. The molecular weight excluding hydrogens is 306 g/mol. The minimum Gasteiger partial charge on any atom is -0.301 e. The second-order valence-electron chi connectivity index (χ2n) is 6.57. The van der Waals surface area contributed by atoms with Crippen LogP contribution in [0.25, 0.3) is 11.1 Å². The topological polar surface area (TPSA) is 37.4 Å². The highest BCUT2D eigenvalue weighted by atomic mass is 32.2. The number of likely N-dealkylation sites (tertiary alicyclic amines) is 1. The van der Waals surface area contributed by atoms with Gasteiger partial charge in [-0.3, -0.25) is 0 Å². The highest BCUT2D eigenvalue weighted by Gasteiger charge is 2.49. The van der Waals surface area contributed by atoms with E-state index in [9.17, 15) is 8.42 Å². The molecule has 2 aromatic carbocycles. The molecule has 120 valence electrons. The van der Waals surface area contributed by atoms with Gasteiger partial charge in [0.1, 0.15) is 0 Å². The number of rotatable bonds is 3. The molecule has 2 aliphatic rings. The number of hydrogen-bond acceptors (Lipinski definition) is 3. The third kappa shape index (κ3) is 2.32. The van der Waals surface area contributed by atoms with E-state index in [1.54, 1.807) is 0 Å². The highest BCUT2D eigenvalue weighted by Crippen LogP contribution is 2.45. The van der Waals surface area contributed by atoms with E-state index in [1.807, 2.05) is 30.3 Å². The monoisotopic (exact) mass is 327 g/mol. The van der Waals surface area contributed by atoms with E-state index in [4.69, 9.17) is 0 Å². The van der Waals surface area contributed by atoms with Crippen molar-refractivity contribution in [1.29, 1.82) is 0 Å². The molecule has 0 bridgehead atoms. The molecule has 1 fully saturated rings. The first-order chi connectivity index (χ1) is 11.1. The number of fused-ring (bicyclic) bond motifs is 3. The van der Waals surface area contributed by atoms with Gasteiger partial charge in [-0.15, -0.1) is 0 Å². The summed E-state index contributed by atoms with van der Waals surface area (Å²) in [7, 11) is -3.17. The molecule has 2 aliphatic heterocycles. The molecule has 2 atom stereocenters. The molecule has 2 heterocycles. The predicted molar refractivity (Wildman–Crippen MR) is 92.3 cm³/mol. The standard InChI is InChI=1S/C19H21NO2S/c1-2-10-20-12-17-16-11-15(14-6-4-3-5-7-14)8-9-18(16)23(21,22)19(17)13-20/h3-9,11,17,19H,2,10,12-13H2,1H3/t17-,19+/m0/s1. The van der Waals surface area contributed by atoms with Crippen molar-refractivity contribution < 1.29 is 8.42 Å². The fourth-order valence-electron chi connectivity index (χ4n) is 4.03. The van der Waals surface area contributed by atoms with Crippen LogP contribution in [0.4, 0.5) is 0 Å². The highest BCUT2D eigenvalue weighted by molar-refractivity contribution is 7.92. The summed E-state index contributed by atoms with van der Waals surface area (Å²) in [5.74, 6) is 0.130. The molecule has 0 aromatic heterocycles. The first kappa shape index (κ1) is 14.9. The van der Waals surface area contributed by atoms with Gasteiger partial charge in [-0.1, -0.05) is 43.3 Å². The molecule has 0 amide bonds. The van der Waals surface area contributed by atoms with E-state index in [-0.39, 0.29) is 11.2 Å². The van der Waals surface area contributed by atoms with Crippen molar-refractivity contribution in [2.24, 2.45) is 0 Å². The van der Waals surface area contributed by atoms with Crippen LogP contribution in [0.2, 0.25) is 0 Å². The average Bonchev–Trinajstić information content (AvgIpc) is 3.07. The first-order valence-electron chi connectivity index (χ1n) is 8.27. The molecule has 0 spiro atoms. The zero-order chi connectivity index (χ0) is 16.0. The minimum absolute atomic E-state index is 0.130. The third-order valence-corrected chi connectivity index (χ3v) is 7.36. The maximum atomic E-state index is 12.8. The predicted octanol–water partition coefficient (Wildman–Crippen LogP) is 3.32. The second-order valence-corrected chi connectivity index (χ2v) is 8.70. The Bertz CT molecular complexity index is 830. The Hall–Kier alpha value is -1.65. The van der Waals surface area contributed by atoms with Crippen LogP contribution in [-0.4, -0.2) is 38.2 Å². The zero-order valence-electron chi connectivity index (χ0n) is 13.3. The maximum Gasteiger partial charge on any atom is 0.183 e. The number of sulfone groups is 1. The van der Waals surface area contributed by atoms with Gasteiger partial charge < -0.3 is 4.90 Å². The lowest BCUT2D eigenvalue weighted by atomic mass is 9.94. The Labute approximate surface area is 137 Å². The van der Waals surface area contributed by atoms with Gasteiger partial charge >= 0.3 is 0 Å². The van der Waals surface area contributed by atoms with Crippen molar-refractivity contribution in [2.45, 2.75) is 29.4 Å². The van der Waals surface area contributed by atoms with E-state index >= 15 is 0 Å². The van der Waals surface area contributed by atoms with Crippen molar-refractivity contribution in [3.05, 3.63) is 54.1 Å². The lowest BCUT2D eigenvalue weighted by Crippen LogP contribution is -2.26. The summed E-state index contributed by atoms with van der Waals surface area (Å²) in [5, 5.41) is -0.255. The molecule has 3 nitrogen and oxygen atoms in total. The molecule has 0 saturated carbocycles. The average molecular weight is 327 g/mol. The Kier molecular flexibility index (Phi) is 3.54. The van der Waals surface area contributed by atoms with Crippen LogP contribution in [-0.2, 0) is 9.84 Å². The van der Waals surface area contributed by atoms with Gasteiger partial charge in [0.05, 0.1) is 10.1 Å². The lowest BCUT2D eigenvalue weighted by molar-refractivity contribution is 0.334. The summed E-state index contributed by atoms with van der Waals surface area (Å²) in [5.41, 5.74) is 3.27.